The summed E-state index contributed by atoms with van der Waals surface area (Å²) in [7, 11) is 0. The van der Waals surface area contributed by atoms with Crippen LogP contribution in [-0.2, 0) is 19.5 Å². The molecule has 0 saturated heterocycles. The summed E-state index contributed by atoms with van der Waals surface area (Å²) in [5.74, 6) is -0.232. The molecule has 0 aliphatic carbocycles. The van der Waals surface area contributed by atoms with Crippen LogP contribution in [0.1, 0.15) is 44.0 Å². The first-order valence-corrected chi connectivity index (χ1v) is 12.5. The molecule has 36 heavy (non-hydrogen) atoms. The van der Waals surface area contributed by atoms with Gasteiger partial charge in [0.1, 0.15) is 0 Å². The summed E-state index contributed by atoms with van der Waals surface area (Å²) >= 11 is 6.40. The molecule has 0 atom stereocenters. The van der Waals surface area contributed by atoms with Gasteiger partial charge in [-0.2, -0.15) is 5.10 Å². The lowest BCUT2D eigenvalue weighted by molar-refractivity contribution is 0.0955. The molecule has 0 spiro atoms. The van der Waals surface area contributed by atoms with Gasteiger partial charge in [-0.1, -0.05) is 60.1 Å². The van der Waals surface area contributed by atoms with Crippen LogP contribution >= 0.6 is 11.6 Å². The molecular formula is C30H29ClN4O. The van der Waals surface area contributed by atoms with Gasteiger partial charge >= 0.3 is 0 Å². The lowest BCUT2D eigenvalue weighted by Gasteiger charge is -2.28. The molecule has 1 aliphatic rings. The molecule has 0 unspecified atom stereocenters. The van der Waals surface area contributed by atoms with Crippen molar-refractivity contribution in [3.05, 3.63) is 123 Å². The highest BCUT2D eigenvalue weighted by atomic mass is 35.5. The first-order valence-electron chi connectivity index (χ1n) is 12.1. The van der Waals surface area contributed by atoms with Crippen molar-refractivity contribution in [1.82, 2.24) is 14.9 Å². The van der Waals surface area contributed by atoms with Gasteiger partial charge in [-0.15, -0.1) is 0 Å². The van der Waals surface area contributed by atoms with Crippen molar-refractivity contribution >= 4 is 23.7 Å². The number of halogens is 1. The minimum Gasteiger partial charge on any atom is -0.316 e. The highest BCUT2D eigenvalue weighted by Gasteiger charge is 2.16. The van der Waals surface area contributed by atoms with E-state index in [1.165, 1.54) is 16.7 Å². The Kier molecular flexibility index (Phi) is 7.03. The summed E-state index contributed by atoms with van der Waals surface area (Å²) in [4.78, 5) is 15.1. The molecule has 3 aromatic carbocycles. The predicted molar refractivity (Wildman–Crippen MR) is 146 cm³/mol. The van der Waals surface area contributed by atoms with E-state index in [-0.39, 0.29) is 5.91 Å². The number of fused-ring (bicyclic) bond motifs is 1. The summed E-state index contributed by atoms with van der Waals surface area (Å²) in [6.07, 6.45) is 2.76. The number of benzene rings is 3. The van der Waals surface area contributed by atoms with E-state index in [0.29, 0.717) is 10.6 Å². The molecule has 5 rings (SSSR count). The maximum Gasteiger partial charge on any atom is 0.271 e. The Hall–Kier alpha value is -3.67. The standard InChI is InChI=1S/C30H29ClN4O/c1-21-17-27(22(2)35(21)29-10-6-5-9-28(29)31)18-32-33-30(36)25-13-11-23(12-14-25)19-34-16-15-24-7-3-4-8-26(24)20-34/h3-14,17-18H,15-16,19-20H2,1-2H3,(H,33,36)/b32-18-. The first-order chi connectivity index (χ1) is 17.5. The van der Waals surface area contributed by atoms with Crippen molar-refractivity contribution in [2.75, 3.05) is 6.54 Å². The number of nitrogens with zero attached hydrogens (tertiary/aromatic N) is 3. The van der Waals surface area contributed by atoms with Crippen molar-refractivity contribution in [2.45, 2.75) is 33.4 Å². The van der Waals surface area contributed by atoms with Crippen LogP contribution in [0.4, 0.5) is 0 Å². The summed E-state index contributed by atoms with van der Waals surface area (Å²) in [6.45, 7) is 6.92. The van der Waals surface area contributed by atoms with Crippen LogP contribution < -0.4 is 5.43 Å². The van der Waals surface area contributed by atoms with Crippen LogP contribution in [0.3, 0.4) is 0 Å². The fourth-order valence-corrected chi connectivity index (χ4v) is 5.08. The van der Waals surface area contributed by atoms with E-state index < -0.39 is 0 Å². The van der Waals surface area contributed by atoms with Gasteiger partial charge in [0.25, 0.3) is 5.91 Å². The van der Waals surface area contributed by atoms with Gasteiger partial charge in [0, 0.05) is 42.1 Å². The second-order valence-corrected chi connectivity index (χ2v) is 9.65. The molecule has 1 amide bonds. The largest absolute Gasteiger partial charge is 0.316 e. The molecule has 6 heteroatoms. The molecule has 0 saturated carbocycles. The molecule has 2 heterocycles. The van der Waals surface area contributed by atoms with Crippen LogP contribution in [-0.4, -0.2) is 28.1 Å². The quantitative estimate of drug-likeness (QED) is 0.260. The number of nitrogens with one attached hydrogen (secondary N) is 1. The smallest absolute Gasteiger partial charge is 0.271 e. The number of carbonyl (C=O) groups is 1. The van der Waals surface area contributed by atoms with Crippen LogP contribution in [0.5, 0.6) is 0 Å². The highest BCUT2D eigenvalue weighted by molar-refractivity contribution is 6.32. The van der Waals surface area contributed by atoms with Crippen molar-refractivity contribution in [1.29, 1.82) is 0 Å². The maximum absolute atomic E-state index is 12.6. The van der Waals surface area contributed by atoms with Crippen molar-refractivity contribution in [3.63, 3.8) is 0 Å². The number of aryl methyl sites for hydroxylation is 1. The lowest BCUT2D eigenvalue weighted by Crippen LogP contribution is -2.30. The Balaban J connectivity index is 1.20. The van der Waals surface area contributed by atoms with Crippen molar-refractivity contribution < 1.29 is 4.79 Å². The van der Waals surface area contributed by atoms with Crippen molar-refractivity contribution in [3.8, 4) is 5.69 Å². The average molecular weight is 497 g/mol. The summed E-state index contributed by atoms with van der Waals surface area (Å²) < 4.78 is 2.09. The Labute approximate surface area is 217 Å². The van der Waals surface area contributed by atoms with Gasteiger partial charge < -0.3 is 4.57 Å². The Morgan fingerprint density at radius 2 is 1.72 bits per heavy atom. The molecule has 0 fully saturated rings. The summed E-state index contributed by atoms with van der Waals surface area (Å²) in [6, 6.07) is 26.2. The molecule has 182 valence electrons. The van der Waals surface area contributed by atoms with Gasteiger partial charge in [-0.25, -0.2) is 5.43 Å². The number of hydrogen-bond acceptors (Lipinski definition) is 3. The SMILES string of the molecule is Cc1cc(/C=N\NC(=O)c2ccc(CN3CCc4ccccc4C3)cc2)c(C)n1-c1ccccc1Cl. The number of rotatable bonds is 6. The molecule has 4 aromatic rings. The fourth-order valence-electron chi connectivity index (χ4n) is 4.86. The van der Waals surface area contributed by atoms with Gasteiger partial charge in [0.2, 0.25) is 0 Å². The van der Waals surface area contributed by atoms with E-state index in [2.05, 4.69) is 44.3 Å². The van der Waals surface area contributed by atoms with Gasteiger partial charge in [-0.3, -0.25) is 9.69 Å². The van der Waals surface area contributed by atoms with E-state index in [0.717, 1.165) is 48.7 Å². The van der Waals surface area contributed by atoms with Crippen LogP contribution in [0.2, 0.25) is 5.02 Å². The Morgan fingerprint density at radius 1 is 1.00 bits per heavy atom. The molecule has 0 bridgehead atoms. The Morgan fingerprint density at radius 3 is 2.50 bits per heavy atom. The number of amides is 1. The monoisotopic (exact) mass is 496 g/mol. The van der Waals surface area contributed by atoms with Gasteiger partial charge in [-0.05, 0) is 67.3 Å². The minimum absolute atomic E-state index is 0.232. The molecule has 5 nitrogen and oxygen atoms in total. The van der Waals surface area contributed by atoms with Gasteiger partial charge in [0.05, 0.1) is 16.9 Å². The number of aromatic nitrogens is 1. The van der Waals surface area contributed by atoms with Gasteiger partial charge in [0.15, 0.2) is 0 Å². The molecule has 0 radical (unpaired) electrons. The summed E-state index contributed by atoms with van der Waals surface area (Å²) in [5, 5.41) is 4.89. The van der Waals surface area contributed by atoms with E-state index in [4.69, 9.17) is 11.6 Å². The van der Waals surface area contributed by atoms with Crippen molar-refractivity contribution in [2.24, 2.45) is 5.10 Å². The normalized spacial score (nSPS) is 13.6. The van der Waals surface area contributed by atoms with E-state index in [1.54, 1.807) is 6.21 Å². The fraction of sp³-hybridized carbons (Fsp3) is 0.200. The highest BCUT2D eigenvalue weighted by Crippen LogP contribution is 2.26. The minimum atomic E-state index is -0.232. The third-order valence-electron chi connectivity index (χ3n) is 6.77. The number of carbonyl (C=O) groups excluding carboxylic acids is 1. The zero-order chi connectivity index (χ0) is 25.1. The number of para-hydroxylation sites is 1. The maximum atomic E-state index is 12.6. The van der Waals surface area contributed by atoms with Crippen LogP contribution in [0.15, 0.2) is 84.0 Å². The topological polar surface area (TPSA) is 49.6 Å². The average Bonchev–Trinajstić information content (AvgIpc) is 3.17. The number of hydrogen-bond donors (Lipinski definition) is 1. The van der Waals surface area contributed by atoms with Crippen LogP contribution in [0.25, 0.3) is 5.69 Å². The first kappa shape index (κ1) is 24.0. The van der Waals surface area contributed by atoms with Crippen LogP contribution in [0, 0.1) is 13.8 Å². The number of hydrazone groups is 1. The van der Waals surface area contributed by atoms with E-state index in [9.17, 15) is 4.79 Å². The van der Waals surface area contributed by atoms with E-state index in [1.807, 2.05) is 68.4 Å². The second kappa shape index (κ2) is 10.5. The molecule has 1 aliphatic heterocycles. The summed E-state index contributed by atoms with van der Waals surface area (Å²) in [5.41, 5.74) is 11.2. The molecule has 1 aromatic heterocycles. The Bertz CT molecular complexity index is 1420. The second-order valence-electron chi connectivity index (χ2n) is 9.24. The predicted octanol–water partition coefficient (Wildman–Crippen LogP) is 6.07. The molecule has 1 N–H and O–H groups in total. The molecular weight excluding hydrogens is 468 g/mol. The lowest BCUT2D eigenvalue weighted by atomic mass is 9.99. The third-order valence-corrected chi connectivity index (χ3v) is 7.08. The van der Waals surface area contributed by atoms with E-state index >= 15 is 0 Å². The zero-order valence-electron chi connectivity index (χ0n) is 20.5. The zero-order valence-corrected chi connectivity index (χ0v) is 21.3. The third kappa shape index (κ3) is 5.13.